The molecule has 2 aromatic rings. The van der Waals surface area contributed by atoms with E-state index in [0.717, 1.165) is 16.3 Å². The standard InChI is InChI=1S/C15H17NO2S/c1-15(2,3)19(17,18)16-11-12-8-9-13-6-4-5-7-14(13)10-12/h4-11H,1-3H3/b16-11+. The molecule has 0 heterocycles. The third-order valence-corrected chi connectivity index (χ3v) is 4.82. The fraction of sp³-hybridized carbons (Fsp3) is 0.267. The molecule has 100 valence electrons. The smallest absolute Gasteiger partial charge is 0.204 e. The van der Waals surface area contributed by atoms with Crippen LogP contribution in [-0.4, -0.2) is 19.4 Å². The lowest BCUT2D eigenvalue weighted by atomic mass is 10.1. The fourth-order valence-electron chi connectivity index (χ4n) is 1.58. The van der Waals surface area contributed by atoms with Crippen molar-refractivity contribution >= 4 is 27.0 Å². The predicted octanol–water partition coefficient (Wildman–Crippen LogP) is 3.39. The molecule has 0 aliphatic rings. The van der Waals surface area contributed by atoms with Gasteiger partial charge >= 0.3 is 0 Å². The van der Waals surface area contributed by atoms with Gasteiger partial charge in [0.1, 0.15) is 0 Å². The Morgan fingerprint density at radius 2 is 1.63 bits per heavy atom. The molecule has 0 saturated carbocycles. The Kier molecular flexibility index (Phi) is 3.45. The third-order valence-electron chi connectivity index (χ3n) is 2.89. The molecule has 0 aliphatic heterocycles. The van der Waals surface area contributed by atoms with E-state index >= 15 is 0 Å². The lowest BCUT2D eigenvalue weighted by Crippen LogP contribution is -2.25. The van der Waals surface area contributed by atoms with Crippen molar-refractivity contribution in [1.29, 1.82) is 0 Å². The Hall–Kier alpha value is -1.68. The van der Waals surface area contributed by atoms with Gasteiger partial charge in [-0.25, -0.2) is 8.42 Å². The van der Waals surface area contributed by atoms with Crippen LogP contribution in [0, 0.1) is 0 Å². The largest absolute Gasteiger partial charge is 0.258 e. The van der Waals surface area contributed by atoms with E-state index in [9.17, 15) is 8.42 Å². The number of benzene rings is 2. The van der Waals surface area contributed by atoms with E-state index in [1.54, 1.807) is 20.8 Å². The van der Waals surface area contributed by atoms with Crippen LogP contribution in [0.25, 0.3) is 10.8 Å². The summed E-state index contributed by atoms with van der Waals surface area (Å²) >= 11 is 0. The highest BCUT2D eigenvalue weighted by Gasteiger charge is 2.27. The van der Waals surface area contributed by atoms with Crippen molar-refractivity contribution < 1.29 is 8.42 Å². The van der Waals surface area contributed by atoms with Crippen LogP contribution in [0.5, 0.6) is 0 Å². The van der Waals surface area contributed by atoms with Crippen molar-refractivity contribution in [2.75, 3.05) is 0 Å². The quantitative estimate of drug-likeness (QED) is 0.789. The van der Waals surface area contributed by atoms with Gasteiger partial charge in [-0.3, -0.25) is 0 Å². The average molecular weight is 275 g/mol. The lowest BCUT2D eigenvalue weighted by molar-refractivity contribution is 0.562. The molecule has 0 bridgehead atoms. The summed E-state index contributed by atoms with van der Waals surface area (Å²) in [7, 11) is -3.48. The second-order valence-corrected chi connectivity index (χ2v) is 7.81. The van der Waals surface area contributed by atoms with E-state index in [-0.39, 0.29) is 0 Å². The zero-order chi connectivity index (χ0) is 14.1. The highest BCUT2D eigenvalue weighted by Crippen LogP contribution is 2.18. The topological polar surface area (TPSA) is 46.5 Å². The van der Waals surface area contributed by atoms with Crippen LogP contribution in [0.1, 0.15) is 26.3 Å². The zero-order valence-electron chi connectivity index (χ0n) is 11.3. The first-order valence-electron chi connectivity index (χ1n) is 6.08. The number of hydrogen-bond donors (Lipinski definition) is 0. The Balaban J connectivity index is 2.37. The van der Waals surface area contributed by atoms with E-state index in [4.69, 9.17) is 0 Å². The number of hydrogen-bond acceptors (Lipinski definition) is 2. The minimum atomic E-state index is -3.48. The van der Waals surface area contributed by atoms with Gasteiger partial charge < -0.3 is 0 Å². The summed E-state index contributed by atoms with van der Waals surface area (Å²) in [4.78, 5) is 0. The van der Waals surface area contributed by atoms with Gasteiger partial charge in [0.05, 0.1) is 4.75 Å². The Labute approximate surface area is 114 Å². The SMILES string of the molecule is CC(C)(C)S(=O)(=O)/N=C/c1ccc2ccccc2c1. The number of fused-ring (bicyclic) bond motifs is 1. The molecule has 0 amide bonds. The molecule has 0 radical (unpaired) electrons. The Morgan fingerprint density at radius 3 is 2.26 bits per heavy atom. The van der Waals surface area contributed by atoms with Gasteiger partial charge in [0.2, 0.25) is 0 Å². The van der Waals surface area contributed by atoms with Crippen LogP contribution >= 0.6 is 0 Å². The highest BCUT2D eigenvalue weighted by molar-refractivity contribution is 7.91. The van der Waals surface area contributed by atoms with Gasteiger partial charge in [-0.2, -0.15) is 4.40 Å². The van der Waals surface area contributed by atoms with Crippen LogP contribution in [0.3, 0.4) is 0 Å². The molecule has 0 N–H and O–H groups in total. The van der Waals surface area contributed by atoms with Gasteiger partial charge in [0, 0.05) is 6.21 Å². The minimum absolute atomic E-state index is 0.784. The molecule has 2 rings (SSSR count). The van der Waals surface area contributed by atoms with E-state index in [0.29, 0.717) is 0 Å². The summed E-state index contributed by atoms with van der Waals surface area (Å²) in [5.41, 5.74) is 0.784. The van der Waals surface area contributed by atoms with Gasteiger partial charge in [0.15, 0.2) is 0 Å². The first-order valence-corrected chi connectivity index (χ1v) is 7.52. The summed E-state index contributed by atoms with van der Waals surface area (Å²) in [5, 5.41) is 2.19. The summed E-state index contributed by atoms with van der Waals surface area (Å²) in [6.07, 6.45) is 1.41. The Bertz CT molecular complexity index is 725. The molecule has 4 heteroatoms. The first kappa shape index (κ1) is 13.7. The molecular weight excluding hydrogens is 258 g/mol. The zero-order valence-corrected chi connectivity index (χ0v) is 12.1. The van der Waals surface area contributed by atoms with Crippen molar-refractivity contribution in [3.63, 3.8) is 0 Å². The van der Waals surface area contributed by atoms with Gasteiger partial charge in [0.25, 0.3) is 10.0 Å². The summed E-state index contributed by atoms with van der Waals surface area (Å²) in [6.45, 7) is 4.92. The van der Waals surface area contributed by atoms with Crippen molar-refractivity contribution in [3.05, 3.63) is 48.0 Å². The number of nitrogens with zero attached hydrogens (tertiary/aromatic N) is 1. The second kappa shape index (κ2) is 4.78. The van der Waals surface area contributed by atoms with Crippen LogP contribution in [0.2, 0.25) is 0 Å². The van der Waals surface area contributed by atoms with E-state index in [2.05, 4.69) is 4.40 Å². The molecule has 0 aromatic heterocycles. The number of sulfonamides is 1. The maximum Gasteiger partial charge on any atom is 0.258 e. The van der Waals surface area contributed by atoms with Gasteiger partial charge in [-0.05, 0) is 43.2 Å². The van der Waals surface area contributed by atoms with E-state index < -0.39 is 14.8 Å². The average Bonchev–Trinajstić information content (AvgIpc) is 2.35. The van der Waals surface area contributed by atoms with Crippen molar-refractivity contribution in [2.45, 2.75) is 25.5 Å². The molecule has 0 aliphatic carbocycles. The maximum absolute atomic E-state index is 11.9. The second-order valence-electron chi connectivity index (χ2n) is 5.43. The molecule has 19 heavy (non-hydrogen) atoms. The number of rotatable bonds is 2. The lowest BCUT2D eigenvalue weighted by Gasteiger charge is -2.14. The summed E-state index contributed by atoms with van der Waals surface area (Å²) in [5.74, 6) is 0. The van der Waals surface area contributed by atoms with Gasteiger partial charge in [-0.1, -0.05) is 36.4 Å². The normalized spacial score (nSPS) is 13.2. The molecule has 3 nitrogen and oxygen atoms in total. The highest BCUT2D eigenvalue weighted by atomic mass is 32.2. The van der Waals surface area contributed by atoms with Gasteiger partial charge in [-0.15, -0.1) is 0 Å². The first-order chi connectivity index (χ1) is 8.79. The monoisotopic (exact) mass is 275 g/mol. The van der Waals surface area contributed by atoms with Crippen LogP contribution in [0.15, 0.2) is 46.9 Å². The maximum atomic E-state index is 11.9. The van der Waals surface area contributed by atoms with E-state index in [1.807, 2.05) is 42.5 Å². The molecule has 0 atom stereocenters. The Morgan fingerprint density at radius 1 is 1.00 bits per heavy atom. The fourth-order valence-corrected chi connectivity index (χ4v) is 2.15. The van der Waals surface area contributed by atoms with E-state index in [1.165, 1.54) is 6.21 Å². The van der Waals surface area contributed by atoms with Crippen molar-refractivity contribution in [2.24, 2.45) is 4.40 Å². The van der Waals surface area contributed by atoms with Crippen LogP contribution in [-0.2, 0) is 10.0 Å². The molecule has 0 saturated heterocycles. The minimum Gasteiger partial charge on any atom is -0.204 e. The molecule has 0 unspecified atom stereocenters. The molecule has 2 aromatic carbocycles. The summed E-state index contributed by atoms with van der Waals surface area (Å²) < 4.78 is 26.7. The van der Waals surface area contributed by atoms with Crippen molar-refractivity contribution in [3.8, 4) is 0 Å². The van der Waals surface area contributed by atoms with Crippen LogP contribution in [0.4, 0.5) is 0 Å². The molecule has 0 spiro atoms. The third kappa shape index (κ3) is 3.01. The molecule has 0 fully saturated rings. The molecular formula is C15H17NO2S. The predicted molar refractivity (Wildman–Crippen MR) is 80.2 cm³/mol. The van der Waals surface area contributed by atoms with Crippen molar-refractivity contribution in [1.82, 2.24) is 0 Å². The summed E-state index contributed by atoms with van der Waals surface area (Å²) in [6, 6.07) is 13.7. The van der Waals surface area contributed by atoms with Crippen LogP contribution < -0.4 is 0 Å².